The number of carbonyl (C=O) groups excluding carboxylic acids is 3. The zero-order valence-electron chi connectivity index (χ0n) is 14.4. The Morgan fingerprint density at radius 1 is 1.20 bits per heavy atom. The van der Waals surface area contributed by atoms with Crippen LogP contribution < -0.4 is 10.6 Å². The maximum Gasteiger partial charge on any atom is 0.306 e. The Morgan fingerprint density at radius 3 is 2.72 bits per heavy atom. The molecule has 0 heterocycles. The second-order valence-corrected chi connectivity index (χ2v) is 5.97. The third-order valence-electron chi connectivity index (χ3n) is 4.02. The first-order chi connectivity index (χ1) is 12.1. The fourth-order valence-electron chi connectivity index (χ4n) is 2.66. The van der Waals surface area contributed by atoms with Crippen molar-refractivity contribution >= 4 is 23.5 Å². The van der Waals surface area contributed by atoms with Crippen LogP contribution in [0.1, 0.15) is 31.7 Å². The van der Waals surface area contributed by atoms with Gasteiger partial charge in [-0.2, -0.15) is 0 Å². The van der Waals surface area contributed by atoms with E-state index in [2.05, 4.69) is 10.6 Å². The lowest BCUT2D eigenvalue weighted by Gasteiger charge is -2.11. The topological polar surface area (TPSA) is 84.5 Å². The number of amides is 2. The monoisotopic (exact) mass is 344 g/mol. The smallest absolute Gasteiger partial charge is 0.306 e. The number of aryl methyl sites for hydroxylation is 1. The van der Waals surface area contributed by atoms with Crippen molar-refractivity contribution in [2.75, 3.05) is 18.5 Å². The summed E-state index contributed by atoms with van der Waals surface area (Å²) in [5.41, 5.74) is 1.76. The lowest BCUT2D eigenvalue weighted by molar-refractivity contribution is -0.149. The quantitative estimate of drug-likeness (QED) is 0.559. The van der Waals surface area contributed by atoms with Crippen LogP contribution in [0.3, 0.4) is 0 Å². The number of hydrogen-bond donors (Lipinski definition) is 2. The van der Waals surface area contributed by atoms with Crippen LogP contribution in [0.5, 0.6) is 0 Å². The third kappa shape index (κ3) is 6.41. The van der Waals surface area contributed by atoms with Gasteiger partial charge in [-0.3, -0.25) is 14.4 Å². The summed E-state index contributed by atoms with van der Waals surface area (Å²) in [6.45, 7) is 1.47. The predicted molar refractivity (Wildman–Crippen MR) is 94.9 cm³/mol. The molecule has 134 valence electrons. The van der Waals surface area contributed by atoms with Crippen molar-refractivity contribution in [1.82, 2.24) is 5.32 Å². The Hall–Kier alpha value is -2.63. The fourth-order valence-corrected chi connectivity index (χ4v) is 2.66. The maximum atomic E-state index is 11.9. The molecule has 0 radical (unpaired) electrons. The van der Waals surface area contributed by atoms with Gasteiger partial charge in [0.2, 0.25) is 5.91 Å². The highest BCUT2D eigenvalue weighted by Gasteiger charge is 2.16. The molecule has 25 heavy (non-hydrogen) atoms. The largest absolute Gasteiger partial charge is 0.456 e. The van der Waals surface area contributed by atoms with Crippen molar-refractivity contribution in [2.45, 2.75) is 32.6 Å². The van der Waals surface area contributed by atoms with Gasteiger partial charge in [-0.25, -0.2) is 0 Å². The molecule has 0 saturated heterocycles. The molecule has 2 amide bonds. The molecule has 0 aliphatic heterocycles. The van der Waals surface area contributed by atoms with E-state index in [0.29, 0.717) is 0 Å². The normalized spacial score (nSPS) is 15.6. The molecule has 1 aliphatic rings. The summed E-state index contributed by atoms with van der Waals surface area (Å²) in [4.78, 5) is 35.2. The average molecular weight is 344 g/mol. The van der Waals surface area contributed by atoms with Gasteiger partial charge in [-0.1, -0.05) is 37.3 Å². The van der Waals surface area contributed by atoms with Gasteiger partial charge in [0.05, 0.1) is 13.0 Å². The molecular weight excluding hydrogens is 320 g/mol. The van der Waals surface area contributed by atoms with E-state index < -0.39 is 11.9 Å². The summed E-state index contributed by atoms with van der Waals surface area (Å²) in [6.07, 6.45) is 7.06. The van der Waals surface area contributed by atoms with Crippen molar-refractivity contribution in [2.24, 2.45) is 5.92 Å². The molecule has 6 heteroatoms. The van der Waals surface area contributed by atoms with Crippen LogP contribution in [0.15, 0.2) is 36.4 Å². The summed E-state index contributed by atoms with van der Waals surface area (Å²) in [6, 6.07) is 7.50. The van der Waals surface area contributed by atoms with Crippen LogP contribution in [0.4, 0.5) is 5.69 Å². The minimum atomic E-state index is -0.491. The molecule has 0 unspecified atom stereocenters. The lowest BCUT2D eigenvalue weighted by Crippen LogP contribution is -2.35. The third-order valence-corrected chi connectivity index (χ3v) is 4.02. The highest BCUT2D eigenvalue weighted by molar-refractivity contribution is 5.95. The number of benzene rings is 1. The molecule has 6 nitrogen and oxygen atoms in total. The molecule has 1 aromatic rings. The number of anilines is 1. The van der Waals surface area contributed by atoms with Gasteiger partial charge in [0.25, 0.3) is 5.91 Å². The summed E-state index contributed by atoms with van der Waals surface area (Å²) in [5.74, 6) is -1.00. The van der Waals surface area contributed by atoms with Crippen LogP contribution in [-0.2, 0) is 25.5 Å². The van der Waals surface area contributed by atoms with Gasteiger partial charge in [-0.05, 0) is 36.8 Å². The van der Waals surface area contributed by atoms with Crippen LogP contribution in [0, 0.1) is 5.92 Å². The Morgan fingerprint density at radius 2 is 2.00 bits per heavy atom. The van der Waals surface area contributed by atoms with Gasteiger partial charge >= 0.3 is 5.97 Å². The number of para-hydroxylation sites is 1. The Bertz CT molecular complexity index is 655. The number of allylic oxidation sites excluding steroid dienone is 2. The number of ether oxygens (including phenoxy) is 1. The zero-order chi connectivity index (χ0) is 18.1. The molecule has 2 N–H and O–H groups in total. The standard InChI is InChI=1S/C19H24N2O4/c1-2-15-9-5-6-10-16(15)21-17(22)12-20-18(23)13-25-19(24)11-14-7-3-4-8-14/h3,5-7,9-10,14H,2,4,8,11-13H2,1H3,(H,20,23)(H,21,22)/t14-/m0/s1. The minimum Gasteiger partial charge on any atom is -0.456 e. The van der Waals surface area contributed by atoms with E-state index in [1.54, 1.807) is 0 Å². The summed E-state index contributed by atoms with van der Waals surface area (Å²) in [7, 11) is 0. The van der Waals surface area contributed by atoms with Crippen LogP contribution >= 0.6 is 0 Å². The van der Waals surface area contributed by atoms with E-state index in [4.69, 9.17) is 4.74 Å². The van der Waals surface area contributed by atoms with Crippen molar-refractivity contribution < 1.29 is 19.1 Å². The molecule has 1 aliphatic carbocycles. The van der Waals surface area contributed by atoms with E-state index in [-0.39, 0.29) is 31.4 Å². The SMILES string of the molecule is CCc1ccccc1NC(=O)CNC(=O)COC(=O)C[C@H]1C=CCC1. The molecule has 2 rings (SSSR count). The molecule has 1 atom stereocenters. The average Bonchev–Trinajstić information content (AvgIpc) is 3.11. The number of rotatable bonds is 8. The molecule has 0 fully saturated rings. The molecule has 0 aromatic heterocycles. The number of nitrogens with one attached hydrogen (secondary N) is 2. The summed E-state index contributed by atoms with van der Waals surface area (Å²) < 4.78 is 4.94. The Labute approximate surface area is 147 Å². The zero-order valence-corrected chi connectivity index (χ0v) is 14.4. The van der Waals surface area contributed by atoms with Crippen LogP contribution in [-0.4, -0.2) is 30.9 Å². The fraction of sp³-hybridized carbons (Fsp3) is 0.421. The van der Waals surface area contributed by atoms with E-state index in [1.807, 2.05) is 43.3 Å². The minimum absolute atomic E-state index is 0.167. The number of esters is 1. The van der Waals surface area contributed by atoms with Crippen molar-refractivity contribution in [3.63, 3.8) is 0 Å². The highest BCUT2D eigenvalue weighted by atomic mass is 16.5. The lowest BCUT2D eigenvalue weighted by atomic mass is 10.1. The second-order valence-electron chi connectivity index (χ2n) is 5.97. The van der Waals surface area contributed by atoms with Crippen molar-refractivity contribution in [3.05, 3.63) is 42.0 Å². The first-order valence-corrected chi connectivity index (χ1v) is 8.55. The molecule has 1 aromatic carbocycles. The van der Waals surface area contributed by atoms with Gasteiger partial charge in [0.15, 0.2) is 6.61 Å². The van der Waals surface area contributed by atoms with E-state index in [0.717, 1.165) is 30.5 Å². The molecule has 0 saturated carbocycles. The van der Waals surface area contributed by atoms with E-state index in [1.165, 1.54) is 0 Å². The van der Waals surface area contributed by atoms with Gasteiger partial charge < -0.3 is 15.4 Å². The van der Waals surface area contributed by atoms with Gasteiger partial charge in [-0.15, -0.1) is 0 Å². The number of carbonyl (C=O) groups is 3. The molecule has 0 bridgehead atoms. The summed E-state index contributed by atoms with van der Waals surface area (Å²) >= 11 is 0. The van der Waals surface area contributed by atoms with Gasteiger partial charge in [0.1, 0.15) is 0 Å². The van der Waals surface area contributed by atoms with Crippen molar-refractivity contribution in [3.8, 4) is 0 Å². The molecule has 0 spiro atoms. The maximum absolute atomic E-state index is 11.9. The second kappa shape index (κ2) is 9.61. The van der Waals surface area contributed by atoms with E-state index >= 15 is 0 Å². The van der Waals surface area contributed by atoms with Crippen LogP contribution in [0.25, 0.3) is 0 Å². The Balaban J connectivity index is 1.66. The van der Waals surface area contributed by atoms with Gasteiger partial charge in [0, 0.05) is 5.69 Å². The molecular formula is C19H24N2O4. The van der Waals surface area contributed by atoms with Crippen LogP contribution in [0.2, 0.25) is 0 Å². The predicted octanol–water partition coefficient (Wildman–Crippen LogP) is 2.20. The first kappa shape index (κ1) is 18.7. The Kier molecular flexibility index (Phi) is 7.19. The number of hydrogen-bond acceptors (Lipinski definition) is 4. The van der Waals surface area contributed by atoms with Crippen molar-refractivity contribution in [1.29, 1.82) is 0 Å². The first-order valence-electron chi connectivity index (χ1n) is 8.55. The highest BCUT2D eigenvalue weighted by Crippen LogP contribution is 2.20. The summed E-state index contributed by atoms with van der Waals surface area (Å²) in [5, 5.41) is 5.21. The van der Waals surface area contributed by atoms with E-state index in [9.17, 15) is 14.4 Å².